The van der Waals surface area contributed by atoms with Gasteiger partial charge in [-0.2, -0.15) is 9.97 Å². The molecule has 0 radical (unpaired) electrons. The number of hydrogen-bond donors (Lipinski definition) is 1. The van der Waals surface area contributed by atoms with Gasteiger partial charge in [0.2, 0.25) is 5.91 Å². The van der Waals surface area contributed by atoms with Crippen molar-refractivity contribution in [3.8, 4) is 17.5 Å². The van der Waals surface area contributed by atoms with E-state index in [0.29, 0.717) is 50.7 Å². The van der Waals surface area contributed by atoms with E-state index < -0.39 is 12.1 Å². The lowest BCUT2D eigenvalue weighted by Gasteiger charge is -2.38. The Kier molecular flexibility index (Phi) is 7.65. The van der Waals surface area contributed by atoms with Gasteiger partial charge in [-0.05, 0) is 38.0 Å². The van der Waals surface area contributed by atoms with Gasteiger partial charge in [0.15, 0.2) is 5.75 Å². The molecule has 1 amide bonds. The topological polar surface area (TPSA) is 91.3 Å². The molecule has 2 aliphatic rings. The second-order valence-electron chi connectivity index (χ2n) is 8.98. The number of alkyl halides is 3. The van der Waals surface area contributed by atoms with Gasteiger partial charge in [-0.3, -0.25) is 4.79 Å². The molecule has 3 heterocycles. The Bertz CT molecular complexity index is 1150. The first-order valence-electron chi connectivity index (χ1n) is 12.1. The summed E-state index contributed by atoms with van der Waals surface area (Å²) < 4.78 is 49.2. The SMILES string of the molecule is C=CC(=O)N1CCN(c2nc(O[C@H](C)CC)nc3c2CCN(c2cc(O)ccc2OC(F)(F)F)C3)CC1. The number of amides is 1. The number of nitrogens with zero attached hydrogens (tertiary/aromatic N) is 5. The lowest BCUT2D eigenvalue weighted by molar-refractivity contribution is -0.274. The Labute approximate surface area is 213 Å². The summed E-state index contributed by atoms with van der Waals surface area (Å²) in [4.78, 5) is 26.8. The monoisotopic (exact) mass is 521 g/mol. The van der Waals surface area contributed by atoms with Crippen LogP contribution >= 0.6 is 0 Å². The summed E-state index contributed by atoms with van der Waals surface area (Å²) in [6.07, 6.45) is -2.51. The molecule has 1 atom stereocenters. The van der Waals surface area contributed by atoms with Gasteiger partial charge < -0.3 is 29.3 Å². The summed E-state index contributed by atoms with van der Waals surface area (Å²) in [6.45, 7) is 10.1. The van der Waals surface area contributed by atoms with E-state index in [-0.39, 0.29) is 36.0 Å². The second-order valence-corrected chi connectivity index (χ2v) is 8.98. The molecule has 2 aromatic rings. The molecule has 1 N–H and O–H groups in total. The van der Waals surface area contributed by atoms with Crippen molar-refractivity contribution in [2.24, 2.45) is 0 Å². The standard InChI is InChI=1S/C25H30F3N5O4/c1-4-16(3)36-24-29-19-15-33(20-14-17(34)6-7-21(20)37-25(26,27)28)9-8-18(19)23(30-24)32-12-10-31(11-13-32)22(35)5-2/h5-7,14,16,34H,2,4,8-13,15H2,1,3H3/t16-/m1/s1. The number of benzene rings is 1. The van der Waals surface area contributed by atoms with Gasteiger partial charge >= 0.3 is 12.4 Å². The Morgan fingerprint density at radius 1 is 1.19 bits per heavy atom. The van der Waals surface area contributed by atoms with E-state index in [4.69, 9.17) is 9.72 Å². The maximum absolute atomic E-state index is 13.0. The average molecular weight is 522 g/mol. The Morgan fingerprint density at radius 2 is 1.92 bits per heavy atom. The first-order valence-corrected chi connectivity index (χ1v) is 12.1. The number of halogens is 3. The molecule has 0 aliphatic carbocycles. The highest BCUT2D eigenvalue weighted by Crippen LogP contribution is 2.39. The zero-order valence-electron chi connectivity index (χ0n) is 20.8. The van der Waals surface area contributed by atoms with Crippen LogP contribution in [0.25, 0.3) is 0 Å². The molecule has 0 unspecified atom stereocenters. The van der Waals surface area contributed by atoms with Crippen molar-refractivity contribution in [1.29, 1.82) is 0 Å². The van der Waals surface area contributed by atoms with Crippen molar-refractivity contribution < 1.29 is 32.5 Å². The van der Waals surface area contributed by atoms with Crippen LogP contribution in [0, 0.1) is 0 Å². The molecule has 1 aromatic heterocycles. The van der Waals surface area contributed by atoms with Gasteiger partial charge in [-0.1, -0.05) is 13.5 Å². The maximum atomic E-state index is 13.0. The highest BCUT2D eigenvalue weighted by atomic mass is 19.4. The smallest absolute Gasteiger partial charge is 0.508 e. The quantitative estimate of drug-likeness (QED) is 0.553. The summed E-state index contributed by atoms with van der Waals surface area (Å²) in [6, 6.07) is 3.69. The van der Waals surface area contributed by atoms with Crippen molar-refractivity contribution in [3.63, 3.8) is 0 Å². The summed E-state index contributed by atoms with van der Waals surface area (Å²) in [7, 11) is 0. The van der Waals surface area contributed by atoms with Gasteiger partial charge in [0.1, 0.15) is 11.6 Å². The summed E-state index contributed by atoms with van der Waals surface area (Å²) in [5.74, 6) is 0.00803. The van der Waals surface area contributed by atoms with Crippen LogP contribution < -0.4 is 19.3 Å². The molecule has 1 aromatic carbocycles. The van der Waals surface area contributed by atoms with E-state index in [1.165, 1.54) is 12.1 Å². The first-order chi connectivity index (χ1) is 17.6. The van der Waals surface area contributed by atoms with Crippen molar-refractivity contribution in [3.05, 3.63) is 42.1 Å². The second kappa shape index (κ2) is 10.7. The van der Waals surface area contributed by atoms with Gasteiger partial charge in [-0.25, -0.2) is 0 Å². The number of phenolic OH excluding ortho intramolecular Hbond substituents is 1. The summed E-state index contributed by atoms with van der Waals surface area (Å²) >= 11 is 0. The molecule has 0 saturated carbocycles. The molecule has 0 spiro atoms. The Balaban J connectivity index is 1.66. The van der Waals surface area contributed by atoms with Crippen LogP contribution in [0.3, 0.4) is 0 Å². The molecule has 12 heteroatoms. The summed E-state index contributed by atoms with van der Waals surface area (Å²) in [5, 5.41) is 9.97. The molecule has 200 valence electrons. The third-order valence-electron chi connectivity index (χ3n) is 6.48. The van der Waals surface area contributed by atoms with Crippen molar-refractivity contribution in [2.45, 2.75) is 45.7 Å². The molecule has 1 fully saturated rings. The number of carbonyl (C=O) groups excluding carboxylic acids is 1. The van der Waals surface area contributed by atoms with Crippen molar-refractivity contribution in [1.82, 2.24) is 14.9 Å². The van der Waals surface area contributed by atoms with E-state index in [1.54, 1.807) is 9.80 Å². The zero-order chi connectivity index (χ0) is 26.7. The molecule has 9 nitrogen and oxygen atoms in total. The van der Waals surface area contributed by atoms with E-state index >= 15 is 0 Å². The van der Waals surface area contributed by atoms with Crippen LogP contribution in [0.2, 0.25) is 0 Å². The number of piperazine rings is 1. The highest BCUT2D eigenvalue weighted by molar-refractivity contribution is 5.87. The third-order valence-corrected chi connectivity index (χ3v) is 6.48. The molecular formula is C25H30F3N5O4. The highest BCUT2D eigenvalue weighted by Gasteiger charge is 2.34. The fourth-order valence-electron chi connectivity index (χ4n) is 4.40. The third kappa shape index (κ3) is 6.17. The number of fused-ring (bicyclic) bond motifs is 1. The number of phenols is 1. The first kappa shape index (κ1) is 26.4. The van der Waals surface area contributed by atoms with E-state index in [1.807, 2.05) is 13.8 Å². The Hall–Kier alpha value is -3.70. The minimum absolute atomic E-state index is 0.115. The Morgan fingerprint density at radius 3 is 2.57 bits per heavy atom. The largest absolute Gasteiger partial charge is 0.573 e. The summed E-state index contributed by atoms with van der Waals surface area (Å²) in [5.41, 5.74) is 1.62. The molecular weight excluding hydrogens is 491 g/mol. The van der Waals surface area contributed by atoms with Crippen LogP contribution in [0.5, 0.6) is 17.5 Å². The zero-order valence-corrected chi connectivity index (χ0v) is 20.8. The van der Waals surface area contributed by atoms with Crippen molar-refractivity contribution in [2.75, 3.05) is 42.5 Å². The molecule has 0 bridgehead atoms. The van der Waals surface area contributed by atoms with Crippen LogP contribution in [-0.2, 0) is 17.8 Å². The van der Waals surface area contributed by atoms with Gasteiger partial charge in [-0.15, -0.1) is 13.2 Å². The van der Waals surface area contributed by atoms with Crippen molar-refractivity contribution >= 4 is 17.4 Å². The van der Waals surface area contributed by atoms with E-state index in [9.17, 15) is 23.1 Å². The van der Waals surface area contributed by atoms with E-state index in [0.717, 1.165) is 24.1 Å². The van der Waals surface area contributed by atoms with E-state index in [2.05, 4.69) is 21.2 Å². The molecule has 4 rings (SSSR count). The number of aromatic nitrogens is 2. The minimum atomic E-state index is -4.87. The molecule has 37 heavy (non-hydrogen) atoms. The number of carbonyl (C=O) groups is 1. The van der Waals surface area contributed by atoms with Gasteiger partial charge in [0.05, 0.1) is 24.0 Å². The fourth-order valence-corrected chi connectivity index (χ4v) is 4.40. The number of anilines is 2. The predicted octanol–water partition coefficient (Wildman–Crippen LogP) is 3.66. The molecule has 1 saturated heterocycles. The van der Waals surface area contributed by atoms with Crippen LogP contribution in [-0.4, -0.2) is 71.1 Å². The number of hydrogen-bond acceptors (Lipinski definition) is 8. The van der Waals surface area contributed by atoms with Crippen LogP contribution in [0.15, 0.2) is 30.9 Å². The number of rotatable bonds is 7. The lowest BCUT2D eigenvalue weighted by Crippen LogP contribution is -2.49. The normalized spacial score (nSPS) is 16.7. The fraction of sp³-hybridized carbons (Fsp3) is 0.480. The van der Waals surface area contributed by atoms with Gasteiger partial charge in [0, 0.05) is 44.4 Å². The minimum Gasteiger partial charge on any atom is -0.508 e. The number of aromatic hydroxyl groups is 1. The maximum Gasteiger partial charge on any atom is 0.573 e. The van der Waals surface area contributed by atoms with Crippen LogP contribution in [0.4, 0.5) is 24.7 Å². The molecule has 2 aliphatic heterocycles. The predicted molar refractivity (Wildman–Crippen MR) is 131 cm³/mol. The number of ether oxygens (including phenoxy) is 2. The lowest BCUT2D eigenvalue weighted by atomic mass is 10.0. The van der Waals surface area contributed by atoms with Crippen LogP contribution in [0.1, 0.15) is 31.5 Å². The van der Waals surface area contributed by atoms with Gasteiger partial charge in [0.25, 0.3) is 0 Å². The average Bonchev–Trinajstić information content (AvgIpc) is 2.87.